The van der Waals surface area contributed by atoms with Crippen molar-refractivity contribution in [2.24, 2.45) is 0 Å². The van der Waals surface area contributed by atoms with Crippen molar-refractivity contribution in [3.8, 4) is 0 Å². The molecule has 1 unspecified atom stereocenters. The first-order valence-corrected chi connectivity index (χ1v) is 11.2. The summed E-state index contributed by atoms with van der Waals surface area (Å²) in [7, 11) is 0. The van der Waals surface area contributed by atoms with Crippen molar-refractivity contribution in [3.05, 3.63) is 71.5 Å². The molecule has 2 saturated heterocycles. The molecule has 0 N–H and O–H groups in total. The predicted octanol–water partition coefficient (Wildman–Crippen LogP) is 4.82. The van der Waals surface area contributed by atoms with Crippen molar-refractivity contribution in [1.29, 1.82) is 0 Å². The first-order chi connectivity index (χ1) is 15.2. The number of rotatable bonds is 2. The molecule has 5 nitrogen and oxygen atoms in total. The van der Waals surface area contributed by atoms with Crippen LogP contribution in [0.1, 0.15) is 23.2 Å². The van der Waals surface area contributed by atoms with Gasteiger partial charge in [0.15, 0.2) is 0 Å². The van der Waals surface area contributed by atoms with Gasteiger partial charge in [-0.3, -0.25) is 19.2 Å². The van der Waals surface area contributed by atoms with Crippen LogP contribution in [0.5, 0.6) is 0 Å². The second-order valence-corrected chi connectivity index (χ2v) is 8.97. The van der Waals surface area contributed by atoms with Crippen LogP contribution < -0.4 is 4.90 Å². The van der Waals surface area contributed by atoms with Crippen LogP contribution in [0.15, 0.2) is 60.9 Å². The van der Waals surface area contributed by atoms with Crippen LogP contribution in [0.3, 0.4) is 0 Å². The standard InChI is InChI=1S/C25H23ClN4O/c26-19-5-3-17(4-6-19)25(31)30-11-8-18-14-22-21(15-24(18)30)23(7-9-27-22)29-13-12-28-10-1-2-20(28)16-29/h3-9,11,14-15,20H,1-2,10,12-13,16H2. The molecule has 4 aromatic rings. The van der Waals surface area contributed by atoms with Crippen LogP contribution in [0, 0.1) is 0 Å². The van der Waals surface area contributed by atoms with E-state index < -0.39 is 0 Å². The van der Waals surface area contributed by atoms with Gasteiger partial charge >= 0.3 is 0 Å². The summed E-state index contributed by atoms with van der Waals surface area (Å²) >= 11 is 5.99. The molecule has 2 aliphatic heterocycles. The number of halogens is 1. The summed E-state index contributed by atoms with van der Waals surface area (Å²) in [5.74, 6) is -0.0592. The van der Waals surface area contributed by atoms with Gasteiger partial charge in [0.05, 0.1) is 11.0 Å². The Morgan fingerprint density at radius 3 is 2.77 bits per heavy atom. The maximum atomic E-state index is 13.2. The number of anilines is 1. The van der Waals surface area contributed by atoms with E-state index in [0.717, 1.165) is 41.4 Å². The second-order valence-electron chi connectivity index (χ2n) is 8.53. The summed E-state index contributed by atoms with van der Waals surface area (Å²) in [5, 5.41) is 2.74. The van der Waals surface area contributed by atoms with Crippen LogP contribution in [0.2, 0.25) is 5.02 Å². The van der Waals surface area contributed by atoms with Gasteiger partial charge in [-0.15, -0.1) is 0 Å². The lowest BCUT2D eigenvalue weighted by molar-refractivity contribution is 0.0965. The number of aromatic nitrogens is 2. The number of fused-ring (bicyclic) bond motifs is 3. The Labute approximate surface area is 185 Å². The lowest BCUT2D eigenvalue weighted by Gasteiger charge is -2.39. The third-order valence-electron chi connectivity index (χ3n) is 6.77. The van der Waals surface area contributed by atoms with Crippen LogP contribution in [0.25, 0.3) is 21.8 Å². The third kappa shape index (κ3) is 3.20. The van der Waals surface area contributed by atoms with E-state index in [1.165, 1.54) is 25.1 Å². The Hall–Kier alpha value is -2.89. The first-order valence-electron chi connectivity index (χ1n) is 10.9. The van der Waals surface area contributed by atoms with E-state index in [4.69, 9.17) is 11.6 Å². The number of pyridine rings is 1. The average Bonchev–Trinajstić information content (AvgIpc) is 3.43. The van der Waals surface area contributed by atoms with Crippen molar-refractivity contribution in [3.63, 3.8) is 0 Å². The number of hydrogen-bond donors (Lipinski definition) is 0. The molecule has 0 amide bonds. The molecule has 0 radical (unpaired) electrons. The quantitative estimate of drug-likeness (QED) is 0.457. The molecule has 1 atom stereocenters. The number of carbonyl (C=O) groups excluding carboxylic acids is 1. The summed E-state index contributed by atoms with van der Waals surface area (Å²) in [6, 6.07) is 16.0. The molecular weight excluding hydrogens is 408 g/mol. The van der Waals surface area contributed by atoms with E-state index in [2.05, 4.69) is 33.0 Å². The summed E-state index contributed by atoms with van der Waals surface area (Å²) in [4.78, 5) is 22.9. The van der Waals surface area contributed by atoms with Crippen LogP contribution in [0.4, 0.5) is 5.69 Å². The van der Waals surface area contributed by atoms with Gasteiger partial charge in [-0.05, 0) is 67.9 Å². The van der Waals surface area contributed by atoms with Gasteiger partial charge < -0.3 is 4.90 Å². The van der Waals surface area contributed by atoms with E-state index in [9.17, 15) is 4.79 Å². The molecule has 6 rings (SSSR count). The lowest BCUT2D eigenvalue weighted by Crippen LogP contribution is -2.50. The fourth-order valence-electron chi connectivity index (χ4n) is 5.15. The molecule has 2 aromatic carbocycles. The average molecular weight is 431 g/mol. The van der Waals surface area contributed by atoms with Crippen molar-refractivity contribution < 1.29 is 4.79 Å². The summed E-state index contributed by atoms with van der Waals surface area (Å²) in [6.07, 6.45) is 6.33. The lowest BCUT2D eigenvalue weighted by atomic mass is 10.1. The largest absolute Gasteiger partial charge is 0.368 e. The number of carbonyl (C=O) groups is 1. The number of hydrogen-bond acceptors (Lipinski definition) is 4. The highest BCUT2D eigenvalue weighted by Crippen LogP contribution is 2.33. The molecular formula is C25H23ClN4O. The monoisotopic (exact) mass is 430 g/mol. The van der Waals surface area contributed by atoms with Gasteiger partial charge in [0.2, 0.25) is 0 Å². The van der Waals surface area contributed by atoms with Gasteiger partial charge in [-0.2, -0.15) is 0 Å². The normalized spacial score (nSPS) is 19.3. The van der Waals surface area contributed by atoms with Gasteiger partial charge in [-0.1, -0.05) is 11.6 Å². The van der Waals surface area contributed by atoms with E-state index >= 15 is 0 Å². The van der Waals surface area contributed by atoms with Crippen LogP contribution in [-0.2, 0) is 0 Å². The van der Waals surface area contributed by atoms with Crippen molar-refractivity contribution in [2.75, 3.05) is 31.1 Å². The zero-order chi connectivity index (χ0) is 20.9. The first kappa shape index (κ1) is 18.8. The maximum absolute atomic E-state index is 13.2. The number of nitrogens with zero attached hydrogens (tertiary/aromatic N) is 4. The van der Waals surface area contributed by atoms with Gasteiger partial charge in [0, 0.05) is 65.1 Å². The van der Waals surface area contributed by atoms with E-state index in [-0.39, 0.29) is 5.91 Å². The summed E-state index contributed by atoms with van der Waals surface area (Å²) in [6.45, 7) is 4.43. The minimum Gasteiger partial charge on any atom is -0.368 e. The van der Waals surface area contributed by atoms with Crippen molar-refractivity contribution in [2.45, 2.75) is 18.9 Å². The zero-order valence-corrected chi connectivity index (χ0v) is 17.9. The smallest absolute Gasteiger partial charge is 0.262 e. The molecule has 31 heavy (non-hydrogen) atoms. The van der Waals surface area contributed by atoms with Crippen molar-refractivity contribution in [1.82, 2.24) is 14.5 Å². The molecule has 2 aromatic heterocycles. The van der Waals surface area contributed by atoms with E-state index in [1.807, 2.05) is 18.5 Å². The second kappa shape index (κ2) is 7.36. The van der Waals surface area contributed by atoms with Crippen LogP contribution >= 0.6 is 11.6 Å². The SMILES string of the molecule is O=C(c1ccc(Cl)cc1)n1ccc2cc3nccc(N4CCN5CCCC5C4)c3cc21. The highest BCUT2D eigenvalue weighted by atomic mass is 35.5. The topological polar surface area (TPSA) is 41.4 Å². The fourth-order valence-corrected chi connectivity index (χ4v) is 5.28. The Kier molecular flexibility index (Phi) is 4.47. The predicted molar refractivity (Wildman–Crippen MR) is 125 cm³/mol. The maximum Gasteiger partial charge on any atom is 0.262 e. The molecule has 4 heterocycles. The molecule has 2 aliphatic rings. The highest BCUT2D eigenvalue weighted by molar-refractivity contribution is 6.30. The Bertz CT molecular complexity index is 1300. The molecule has 0 spiro atoms. The van der Waals surface area contributed by atoms with Crippen molar-refractivity contribution >= 4 is 45.0 Å². The molecule has 0 saturated carbocycles. The van der Waals surface area contributed by atoms with Gasteiger partial charge in [-0.25, -0.2) is 0 Å². The molecule has 156 valence electrons. The Morgan fingerprint density at radius 1 is 1.03 bits per heavy atom. The van der Waals surface area contributed by atoms with Gasteiger partial charge in [0.25, 0.3) is 5.91 Å². The number of piperazine rings is 1. The molecule has 2 fully saturated rings. The molecule has 0 aliphatic carbocycles. The van der Waals surface area contributed by atoms with E-state index in [0.29, 0.717) is 16.6 Å². The molecule has 6 heteroatoms. The fraction of sp³-hybridized carbons (Fsp3) is 0.280. The molecule has 0 bridgehead atoms. The summed E-state index contributed by atoms with van der Waals surface area (Å²) < 4.78 is 1.73. The third-order valence-corrected chi connectivity index (χ3v) is 7.02. The number of benzene rings is 2. The Morgan fingerprint density at radius 2 is 1.90 bits per heavy atom. The van der Waals surface area contributed by atoms with Gasteiger partial charge in [0.1, 0.15) is 0 Å². The Balaban J connectivity index is 1.44. The van der Waals surface area contributed by atoms with E-state index in [1.54, 1.807) is 28.8 Å². The van der Waals surface area contributed by atoms with Crippen LogP contribution in [-0.4, -0.2) is 52.6 Å². The minimum absolute atomic E-state index is 0.0592. The minimum atomic E-state index is -0.0592. The highest BCUT2D eigenvalue weighted by Gasteiger charge is 2.31. The zero-order valence-electron chi connectivity index (χ0n) is 17.2. The summed E-state index contributed by atoms with van der Waals surface area (Å²) in [5.41, 5.74) is 3.70.